The maximum absolute atomic E-state index is 12.7. The maximum atomic E-state index is 12.7. The molecule has 0 saturated carbocycles. The second-order valence-corrected chi connectivity index (χ2v) is 17.5. The summed E-state index contributed by atoms with van der Waals surface area (Å²) in [6.07, 6.45) is 25.1. The predicted octanol–water partition coefficient (Wildman–Crippen LogP) is 11.8. The van der Waals surface area contributed by atoms with Crippen LogP contribution in [0.1, 0.15) is 195 Å². The van der Waals surface area contributed by atoms with Gasteiger partial charge in [-0.15, -0.1) is 0 Å². The molecule has 1 unspecified atom stereocenters. The van der Waals surface area contributed by atoms with E-state index in [1.807, 2.05) is 0 Å². The van der Waals surface area contributed by atoms with Gasteiger partial charge in [0.15, 0.2) is 6.10 Å². The highest BCUT2D eigenvalue weighted by Gasteiger charge is 2.26. The predicted molar refractivity (Wildman–Crippen MR) is 231 cm³/mol. The van der Waals surface area contributed by atoms with Crippen molar-refractivity contribution in [1.29, 1.82) is 0 Å². The second-order valence-electron chi connectivity index (χ2n) is 16.1. The summed E-state index contributed by atoms with van der Waals surface area (Å²) in [6.45, 7) is 10.0. The van der Waals surface area contributed by atoms with Gasteiger partial charge in [0.25, 0.3) is 0 Å². The van der Waals surface area contributed by atoms with Gasteiger partial charge in [-0.05, 0) is 82.1 Å². The number of hydrogen-bond donors (Lipinski definition) is 2. The smallest absolute Gasteiger partial charge is 0.466 e. The highest BCUT2D eigenvalue weighted by atomic mass is 31.2. The third-order valence-corrected chi connectivity index (χ3v) is 11.8. The van der Waals surface area contributed by atoms with Crippen molar-refractivity contribution in [2.75, 3.05) is 26.4 Å². The van der Waals surface area contributed by atoms with Crippen LogP contribution >= 0.6 is 7.82 Å². The number of phosphoric acid groups is 1. The number of esters is 2. The normalized spacial score (nSPS) is 13.2. The summed E-state index contributed by atoms with van der Waals surface area (Å²) in [4.78, 5) is 35.1. The van der Waals surface area contributed by atoms with E-state index in [0.29, 0.717) is 12.8 Å². The van der Waals surface area contributed by atoms with Crippen molar-refractivity contribution in [2.45, 2.75) is 208 Å². The van der Waals surface area contributed by atoms with Gasteiger partial charge in [-0.3, -0.25) is 18.6 Å². The molecule has 0 saturated heterocycles. The number of furan rings is 2. The van der Waals surface area contributed by atoms with Crippen molar-refractivity contribution in [1.82, 2.24) is 0 Å². The van der Waals surface area contributed by atoms with Crippen LogP contribution in [0.15, 0.2) is 14.9 Å². The number of carbonyl (C=O) groups is 2. The van der Waals surface area contributed by atoms with Crippen molar-refractivity contribution in [3.05, 3.63) is 45.8 Å². The highest BCUT2D eigenvalue weighted by Crippen LogP contribution is 2.43. The van der Waals surface area contributed by atoms with Crippen molar-refractivity contribution in [3.8, 4) is 0 Å². The fourth-order valence-corrected chi connectivity index (χ4v) is 7.93. The minimum atomic E-state index is -4.40. The first-order chi connectivity index (χ1) is 28.0. The third kappa shape index (κ3) is 23.4. The molecule has 58 heavy (non-hydrogen) atoms. The van der Waals surface area contributed by atoms with Crippen molar-refractivity contribution in [2.24, 2.45) is 5.73 Å². The molecule has 0 aliphatic heterocycles. The first-order valence-corrected chi connectivity index (χ1v) is 24.3. The molecule has 2 rings (SSSR count). The third-order valence-electron chi connectivity index (χ3n) is 10.8. The van der Waals surface area contributed by atoms with E-state index in [4.69, 9.17) is 33.1 Å². The summed E-state index contributed by atoms with van der Waals surface area (Å²) < 4.78 is 45.1. The molecule has 0 fully saturated rings. The van der Waals surface area contributed by atoms with Crippen LogP contribution in [0.3, 0.4) is 0 Å². The van der Waals surface area contributed by atoms with Gasteiger partial charge < -0.3 is 28.9 Å². The van der Waals surface area contributed by atoms with Crippen molar-refractivity contribution < 1.29 is 46.4 Å². The zero-order valence-corrected chi connectivity index (χ0v) is 37.9. The summed E-state index contributed by atoms with van der Waals surface area (Å²) >= 11 is 0. The van der Waals surface area contributed by atoms with E-state index in [0.717, 1.165) is 113 Å². The van der Waals surface area contributed by atoms with E-state index in [9.17, 15) is 19.0 Å². The molecule has 0 aromatic carbocycles. The average molecular weight is 838 g/mol. The van der Waals surface area contributed by atoms with E-state index in [1.165, 1.54) is 68.1 Å². The molecule has 0 aliphatic carbocycles. The molecule has 0 aliphatic rings. The van der Waals surface area contributed by atoms with Gasteiger partial charge >= 0.3 is 19.8 Å². The Labute approximate surface area is 350 Å². The van der Waals surface area contributed by atoms with Crippen molar-refractivity contribution in [3.63, 3.8) is 0 Å². The van der Waals surface area contributed by atoms with E-state index in [-0.39, 0.29) is 32.6 Å². The molecule has 0 bridgehead atoms. The van der Waals surface area contributed by atoms with Crippen molar-refractivity contribution >= 4 is 19.8 Å². The molecule has 2 heterocycles. The van der Waals surface area contributed by atoms with E-state index < -0.39 is 32.5 Å². The molecule has 0 spiro atoms. The summed E-state index contributed by atoms with van der Waals surface area (Å²) in [5.74, 6) is 3.69. The lowest BCUT2D eigenvalue weighted by molar-refractivity contribution is -0.161. The monoisotopic (exact) mass is 838 g/mol. The molecule has 0 radical (unpaired) electrons. The molecular weight excluding hydrogens is 757 g/mol. The lowest BCUT2D eigenvalue weighted by atomic mass is 10.0. The van der Waals surface area contributed by atoms with Gasteiger partial charge in [0, 0.05) is 45.1 Å². The van der Waals surface area contributed by atoms with Crippen LogP contribution in [0.4, 0.5) is 0 Å². The summed E-state index contributed by atoms with van der Waals surface area (Å²) in [7, 11) is -4.40. The Hall–Kier alpha value is -2.43. The molecule has 334 valence electrons. The molecule has 2 aromatic heterocycles. The van der Waals surface area contributed by atoms with Gasteiger partial charge in [0.1, 0.15) is 29.6 Å². The first kappa shape index (κ1) is 51.7. The first-order valence-electron chi connectivity index (χ1n) is 22.8. The Morgan fingerprint density at radius 1 is 0.638 bits per heavy atom. The van der Waals surface area contributed by atoms with Gasteiger partial charge in [-0.25, -0.2) is 4.57 Å². The largest absolute Gasteiger partial charge is 0.472 e. The molecule has 12 heteroatoms. The number of hydrogen-bond acceptors (Lipinski definition) is 10. The fourth-order valence-electron chi connectivity index (χ4n) is 7.17. The maximum Gasteiger partial charge on any atom is 0.472 e. The van der Waals surface area contributed by atoms with Crippen LogP contribution in [0.2, 0.25) is 0 Å². The zero-order valence-electron chi connectivity index (χ0n) is 37.0. The highest BCUT2D eigenvalue weighted by molar-refractivity contribution is 7.47. The van der Waals surface area contributed by atoms with Crippen LogP contribution in [-0.4, -0.2) is 49.3 Å². The summed E-state index contributed by atoms with van der Waals surface area (Å²) in [6, 6.07) is 2.21. The summed E-state index contributed by atoms with van der Waals surface area (Å²) in [5, 5.41) is 0. The Balaban J connectivity index is 1.57. The Kier molecular flexibility index (Phi) is 28.0. The number of rotatable bonds is 37. The van der Waals surface area contributed by atoms with E-state index in [1.54, 1.807) is 0 Å². The van der Waals surface area contributed by atoms with Crippen LogP contribution in [-0.2, 0) is 58.4 Å². The minimum Gasteiger partial charge on any atom is -0.466 e. The fraction of sp³-hybridized carbons (Fsp3) is 0.783. The number of nitrogens with two attached hydrogens (primary N) is 1. The molecule has 3 N–H and O–H groups in total. The van der Waals surface area contributed by atoms with Gasteiger partial charge in [0.05, 0.1) is 13.2 Å². The Morgan fingerprint density at radius 2 is 1.16 bits per heavy atom. The van der Waals surface area contributed by atoms with Crippen LogP contribution in [0.25, 0.3) is 0 Å². The summed E-state index contributed by atoms with van der Waals surface area (Å²) in [5.41, 5.74) is 9.26. The van der Waals surface area contributed by atoms with Gasteiger partial charge in [0.2, 0.25) is 0 Å². The number of carbonyl (C=O) groups excluding carboxylic acids is 2. The molecule has 11 nitrogen and oxygen atoms in total. The Morgan fingerprint density at radius 3 is 1.72 bits per heavy atom. The molecule has 0 amide bonds. The quantitative estimate of drug-likeness (QED) is 0.0378. The van der Waals surface area contributed by atoms with E-state index >= 15 is 0 Å². The van der Waals surface area contributed by atoms with Gasteiger partial charge in [-0.2, -0.15) is 0 Å². The lowest BCUT2D eigenvalue weighted by Crippen LogP contribution is -2.29. The average Bonchev–Trinajstić information content (AvgIpc) is 3.69. The van der Waals surface area contributed by atoms with Gasteiger partial charge in [-0.1, -0.05) is 104 Å². The zero-order chi connectivity index (χ0) is 42.4. The standard InChI is InChI=1S/C46H80NO10P/c1-6-8-21-27-40-34-37(3)42(55-40)28-22-17-13-9-12-16-20-25-31-46(49)56-41(36-54-58(50,51)53-33-32-47)35-52-45(48)30-24-19-15-11-10-14-18-23-29-44-39(5)38(4)43(57-44)26-7-2/h34,41H,6-33,35-36,47H2,1-5H3,(H,50,51)/t41-/m1/s1. The van der Waals surface area contributed by atoms with Crippen LogP contribution < -0.4 is 5.73 Å². The molecule has 2 atom stereocenters. The number of ether oxygens (including phenoxy) is 2. The van der Waals surface area contributed by atoms with Crippen LogP contribution in [0.5, 0.6) is 0 Å². The SMILES string of the molecule is CCCCCc1cc(C)c(CCCCCCCCCCC(=O)O[C@H](COC(=O)CCCCCCCCCCc2oc(CCC)c(C)c2C)COP(=O)(O)OCCN)o1. The number of phosphoric ester groups is 1. The molecule has 2 aromatic rings. The number of aryl methyl sites for hydroxylation is 5. The lowest BCUT2D eigenvalue weighted by Gasteiger charge is -2.19. The topological polar surface area (TPSA) is 161 Å². The Bertz CT molecular complexity index is 1440. The van der Waals surface area contributed by atoms with Crippen LogP contribution in [0, 0.1) is 20.8 Å². The number of unbranched alkanes of at least 4 members (excludes halogenated alkanes) is 16. The van der Waals surface area contributed by atoms with E-state index in [2.05, 4.69) is 40.7 Å². The second kappa shape index (κ2) is 31.4. The minimum absolute atomic E-state index is 0.0430. The molecular formula is C46H80NO10P.